The van der Waals surface area contributed by atoms with Crippen molar-refractivity contribution in [1.29, 1.82) is 0 Å². The van der Waals surface area contributed by atoms with Gasteiger partial charge in [0.2, 0.25) is 0 Å². The second-order valence-corrected chi connectivity index (χ2v) is 5.52. The Bertz CT molecular complexity index is 360. The standard InChI is InChI=1S/C10H14IN3/c1-6-7-2-4-9-10(5-3-8(6)7)14(11)13-12-9/h6-8H,2-5H2,1H3. The molecule has 3 unspecified atom stereocenters. The first-order valence-electron chi connectivity index (χ1n) is 5.37. The molecule has 1 heterocycles. The second kappa shape index (κ2) is 3.18. The fraction of sp³-hybridized carbons (Fsp3) is 0.800. The summed E-state index contributed by atoms with van der Waals surface area (Å²) in [6.45, 7) is 2.40. The highest BCUT2D eigenvalue weighted by molar-refractivity contribution is 14.1. The molecule has 0 radical (unpaired) electrons. The highest BCUT2D eigenvalue weighted by atomic mass is 127. The van der Waals surface area contributed by atoms with Gasteiger partial charge in [0.15, 0.2) is 0 Å². The lowest BCUT2D eigenvalue weighted by Gasteiger charge is -2.06. The summed E-state index contributed by atoms with van der Waals surface area (Å²) in [6.07, 6.45) is 4.99. The van der Waals surface area contributed by atoms with Crippen LogP contribution in [0.4, 0.5) is 0 Å². The molecule has 2 aliphatic rings. The average Bonchev–Trinajstić information content (AvgIpc) is 2.58. The van der Waals surface area contributed by atoms with Crippen LogP contribution in [0.5, 0.6) is 0 Å². The first kappa shape index (κ1) is 9.12. The SMILES string of the molecule is CC1C2CCc3nnn(I)c3CCC12. The highest BCUT2D eigenvalue weighted by Gasteiger charge is 2.46. The Balaban J connectivity index is 1.87. The van der Waals surface area contributed by atoms with Crippen LogP contribution in [0.3, 0.4) is 0 Å². The van der Waals surface area contributed by atoms with Gasteiger partial charge in [0.05, 0.1) is 34.3 Å². The average molecular weight is 303 g/mol. The molecule has 2 aliphatic carbocycles. The predicted octanol–water partition coefficient (Wildman–Crippen LogP) is 2.24. The van der Waals surface area contributed by atoms with Crippen molar-refractivity contribution >= 4 is 22.9 Å². The van der Waals surface area contributed by atoms with E-state index >= 15 is 0 Å². The van der Waals surface area contributed by atoms with Gasteiger partial charge in [-0.25, -0.2) is 0 Å². The second-order valence-electron chi connectivity index (χ2n) is 4.61. The molecule has 3 nitrogen and oxygen atoms in total. The molecule has 0 aromatic carbocycles. The summed E-state index contributed by atoms with van der Waals surface area (Å²) in [6, 6.07) is 0. The van der Waals surface area contributed by atoms with Crippen molar-refractivity contribution in [2.45, 2.75) is 32.6 Å². The minimum atomic E-state index is 0.967. The normalized spacial score (nSPS) is 35.4. The van der Waals surface area contributed by atoms with Crippen LogP contribution in [0.1, 0.15) is 31.2 Å². The van der Waals surface area contributed by atoms with E-state index in [-0.39, 0.29) is 0 Å². The van der Waals surface area contributed by atoms with Crippen LogP contribution in [0.25, 0.3) is 0 Å². The summed E-state index contributed by atoms with van der Waals surface area (Å²) >= 11 is 2.24. The van der Waals surface area contributed by atoms with Crippen molar-refractivity contribution < 1.29 is 0 Å². The largest absolute Gasteiger partial charge is 0.188 e. The molecule has 1 fully saturated rings. The van der Waals surface area contributed by atoms with Gasteiger partial charge >= 0.3 is 0 Å². The number of hydrogen-bond acceptors (Lipinski definition) is 2. The number of halogens is 1. The maximum absolute atomic E-state index is 4.24. The van der Waals surface area contributed by atoms with E-state index in [1.165, 1.54) is 30.7 Å². The molecule has 0 N–H and O–H groups in total. The Morgan fingerprint density at radius 1 is 1.29 bits per heavy atom. The molecule has 14 heavy (non-hydrogen) atoms. The molecule has 0 saturated heterocycles. The highest BCUT2D eigenvalue weighted by Crippen LogP contribution is 2.52. The van der Waals surface area contributed by atoms with Gasteiger partial charge in [-0.05, 0) is 43.4 Å². The van der Waals surface area contributed by atoms with Crippen molar-refractivity contribution in [3.63, 3.8) is 0 Å². The van der Waals surface area contributed by atoms with Gasteiger partial charge in [0, 0.05) is 0 Å². The van der Waals surface area contributed by atoms with E-state index in [9.17, 15) is 0 Å². The topological polar surface area (TPSA) is 30.7 Å². The number of nitrogens with zero attached hydrogens (tertiary/aromatic N) is 3. The molecule has 0 aliphatic heterocycles. The zero-order chi connectivity index (χ0) is 9.71. The Kier molecular flexibility index (Phi) is 2.07. The van der Waals surface area contributed by atoms with Crippen molar-refractivity contribution in [3.8, 4) is 0 Å². The van der Waals surface area contributed by atoms with Crippen LogP contribution in [-0.2, 0) is 12.8 Å². The molecule has 76 valence electrons. The molecular formula is C10H14IN3. The monoisotopic (exact) mass is 303 g/mol. The van der Waals surface area contributed by atoms with E-state index in [1.54, 1.807) is 0 Å². The van der Waals surface area contributed by atoms with Gasteiger partial charge in [-0.15, -0.1) is 5.10 Å². The predicted molar refractivity (Wildman–Crippen MR) is 62.2 cm³/mol. The van der Waals surface area contributed by atoms with Crippen molar-refractivity contribution in [1.82, 2.24) is 13.2 Å². The van der Waals surface area contributed by atoms with Crippen LogP contribution >= 0.6 is 22.9 Å². The summed E-state index contributed by atoms with van der Waals surface area (Å²) in [7, 11) is 0. The minimum absolute atomic E-state index is 0.967. The lowest BCUT2D eigenvalue weighted by molar-refractivity contribution is 0.578. The van der Waals surface area contributed by atoms with Crippen molar-refractivity contribution in [2.75, 3.05) is 0 Å². The maximum Gasteiger partial charge on any atom is 0.0868 e. The smallest absolute Gasteiger partial charge is 0.0868 e. The van der Waals surface area contributed by atoms with Crippen LogP contribution in [0.2, 0.25) is 0 Å². The fourth-order valence-corrected chi connectivity index (χ4v) is 3.56. The lowest BCUT2D eigenvalue weighted by atomic mass is 10.0. The van der Waals surface area contributed by atoms with Crippen molar-refractivity contribution in [2.24, 2.45) is 17.8 Å². The number of fused-ring (bicyclic) bond motifs is 2. The Morgan fingerprint density at radius 3 is 2.79 bits per heavy atom. The first-order chi connectivity index (χ1) is 6.77. The Labute approximate surface area is 97.8 Å². The van der Waals surface area contributed by atoms with Gasteiger partial charge < -0.3 is 0 Å². The third-order valence-corrected chi connectivity index (χ3v) is 4.76. The Hall–Kier alpha value is -0.130. The molecule has 1 aromatic rings. The van der Waals surface area contributed by atoms with E-state index in [0.717, 1.165) is 24.2 Å². The number of aromatic nitrogens is 3. The molecule has 1 aromatic heterocycles. The maximum atomic E-state index is 4.24. The van der Waals surface area contributed by atoms with E-state index in [2.05, 4.69) is 40.1 Å². The van der Waals surface area contributed by atoms with E-state index < -0.39 is 0 Å². The molecule has 0 amide bonds. The minimum Gasteiger partial charge on any atom is -0.188 e. The number of hydrogen-bond donors (Lipinski definition) is 0. The molecule has 1 saturated carbocycles. The van der Waals surface area contributed by atoms with Crippen LogP contribution in [0.15, 0.2) is 0 Å². The molecule has 0 bridgehead atoms. The first-order valence-corrected chi connectivity index (χ1v) is 6.33. The van der Waals surface area contributed by atoms with E-state index in [0.29, 0.717) is 0 Å². The quantitative estimate of drug-likeness (QED) is 0.688. The molecule has 0 spiro atoms. The molecule has 3 rings (SSSR count). The number of aryl methyl sites for hydroxylation is 1. The third-order valence-electron chi connectivity index (χ3n) is 3.99. The van der Waals surface area contributed by atoms with Crippen LogP contribution in [-0.4, -0.2) is 13.2 Å². The summed E-state index contributed by atoms with van der Waals surface area (Å²) < 4.78 is 1.93. The van der Waals surface area contributed by atoms with Crippen LogP contribution < -0.4 is 0 Å². The summed E-state index contributed by atoms with van der Waals surface area (Å²) in [5, 5.41) is 8.34. The summed E-state index contributed by atoms with van der Waals surface area (Å²) in [5.41, 5.74) is 2.61. The molecule has 3 atom stereocenters. The summed E-state index contributed by atoms with van der Waals surface area (Å²) in [4.78, 5) is 0. The van der Waals surface area contributed by atoms with Crippen LogP contribution in [0, 0.1) is 17.8 Å². The molecular weight excluding hydrogens is 289 g/mol. The van der Waals surface area contributed by atoms with E-state index in [1.807, 2.05) is 2.90 Å². The zero-order valence-electron chi connectivity index (χ0n) is 8.28. The van der Waals surface area contributed by atoms with Gasteiger partial charge in [0.25, 0.3) is 0 Å². The fourth-order valence-electron chi connectivity index (χ4n) is 2.94. The Morgan fingerprint density at radius 2 is 2.00 bits per heavy atom. The van der Waals surface area contributed by atoms with Crippen molar-refractivity contribution in [3.05, 3.63) is 11.4 Å². The van der Waals surface area contributed by atoms with E-state index in [4.69, 9.17) is 0 Å². The number of rotatable bonds is 0. The summed E-state index contributed by atoms with van der Waals surface area (Å²) in [5.74, 6) is 2.95. The lowest BCUT2D eigenvalue weighted by Crippen LogP contribution is -2.02. The zero-order valence-corrected chi connectivity index (χ0v) is 10.4. The molecule has 4 heteroatoms. The van der Waals surface area contributed by atoms with Gasteiger partial charge in [-0.3, -0.25) is 0 Å². The third kappa shape index (κ3) is 1.30. The van der Waals surface area contributed by atoms with Gasteiger partial charge in [0.1, 0.15) is 0 Å². The van der Waals surface area contributed by atoms with Gasteiger partial charge in [-0.2, -0.15) is 2.90 Å². The van der Waals surface area contributed by atoms with Gasteiger partial charge in [-0.1, -0.05) is 12.1 Å².